The van der Waals surface area contributed by atoms with Crippen LogP contribution in [0.15, 0.2) is 36.4 Å². The van der Waals surface area contributed by atoms with Crippen molar-refractivity contribution in [3.63, 3.8) is 0 Å². The van der Waals surface area contributed by atoms with Crippen LogP contribution in [0.1, 0.15) is 85.6 Å². The van der Waals surface area contributed by atoms with Crippen LogP contribution in [0.2, 0.25) is 0 Å². The van der Waals surface area contributed by atoms with Crippen molar-refractivity contribution in [2.45, 2.75) is 77.2 Å². The summed E-state index contributed by atoms with van der Waals surface area (Å²) < 4.78 is 46.9. The standard InChI is InChI=1S/C24H29F3O2/c1-3-5-17(4-2)21-11-6-16(12-23(21)24(25,26)27)15-29-20-10-9-19(14-28)22(13-20)18-7-8-18/h6,9-13,17-18,28H,3-5,7-8,14-15H2,1-2H3. The topological polar surface area (TPSA) is 29.5 Å². The van der Waals surface area contributed by atoms with Crippen molar-refractivity contribution in [1.82, 2.24) is 0 Å². The molecule has 0 amide bonds. The van der Waals surface area contributed by atoms with Crippen molar-refractivity contribution in [3.8, 4) is 5.75 Å². The summed E-state index contributed by atoms with van der Waals surface area (Å²) >= 11 is 0. The van der Waals surface area contributed by atoms with Crippen LogP contribution in [0.3, 0.4) is 0 Å². The lowest BCUT2D eigenvalue weighted by Crippen LogP contribution is -2.13. The number of rotatable bonds is 9. The Labute approximate surface area is 170 Å². The summed E-state index contributed by atoms with van der Waals surface area (Å²) in [4.78, 5) is 0. The van der Waals surface area contributed by atoms with Crippen LogP contribution < -0.4 is 4.74 Å². The van der Waals surface area contributed by atoms with Gasteiger partial charge in [-0.25, -0.2) is 0 Å². The molecular weight excluding hydrogens is 377 g/mol. The molecule has 2 aromatic carbocycles. The molecule has 1 aliphatic rings. The Morgan fingerprint density at radius 2 is 1.86 bits per heavy atom. The number of benzene rings is 2. The first-order valence-electron chi connectivity index (χ1n) is 10.4. The van der Waals surface area contributed by atoms with Crippen molar-refractivity contribution in [3.05, 3.63) is 64.2 Å². The number of hydrogen-bond donors (Lipinski definition) is 1. The predicted octanol–water partition coefficient (Wildman–Crippen LogP) is 6.95. The van der Waals surface area contributed by atoms with Gasteiger partial charge < -0.3 is 9.84 Å². The minimum absolute atomic E-state index is 0.0150. The maximum atomic E-state index is 13.7. The van der Waals surface area contributed by atoms with Crippen LogP contribution in [0.4, 0.5) is 13.2 Å². The summed E-state index contributed by atoms with van der Waals surface area (Å²) in [6.45, 7) is 4.00. The molecule has 1 aliphatic carbocycles. The number of hydrogen-bond acceptors (Lipinski definition) is 2. The van der Waals surface area contributed by atoms with E-state index in [0.717, 1.165) is 36.8 Å². The summed E-state index contributed by atoms with van der Waals surface area (Å²) in [5.74, 6) is 0.999. The highest BCUT2D eigenvalue weighted by molar-refractivity contribution is 5.40. The molecule has 0 bridgehead atoms. The molecule has 0 radical (unpaired) electrons. The van der Waals surface area contributed by atoms with Crippen LogP contribution in [-0.2, 0) is 19.4 Å². The average molecular weight is 406 g/mol. The van der Waals surface area contributed by atoms with Gasteiger partial charge in [0.25, 0.3) is 0 Å². The molecule has 1 fully saturated rings. The van der Waals surface area contributed by atoms with Crippen molar-refractivity contribution in [1.29, 1.82) is 0 Å². The molecular formula is C24H29F3O2. The van der Waals surface area contributed by atoms with E-state index in [-0.39, 0.29) is 19.1 Å². The van der Waals surface area contributed by atoms with Gasteiger partial charge in [-0.15, -0.1) is 0 Å². The highest BCUT2D eigenvalue weighted by Gasteiger charge is 2.35. The Morgan fingerprint density at radius 1 is 1.10 bits per heavy atom. The van der Waals surface area contributed by atoms with Gasteiger partial charge in [0.15, 0.2) is 0 Å². The normalized spacial score (nSPS) is 15.4. The molecule has 158 valence electrons. The molecule has 0 spiro atoms. The van der Waals surface area contributed by atoms with Crippen LogP contribution >= 0.6 is 0 Å². The summed E-state index contributed by atoms with van der Waals surface area (Å²) in [6.07, 6.45) is 0.110. The van der Waals surface area contributed by atoms with Crippen LogP contribution in [0.25, 0.3) is 0 Å². The van der Waals surface area contributed by atoms with E-state index >= 15 is 0 Å². The smallest absolute Gasteiger partial charge is 0.416 e. The van der Waals surface area contributed by atoms with Crippen molar-refractivity contribution in [2.24, 2.45) is 0 Å². The second-order valence-corrected chi connectivity index (χ2v) is 7.89. The summed E-state index contributed by atoms with van der Waals surface area (Å²) in [5.41, 5.74) is 2.32. The van der Waals surface area contributed by atoms with Crippen molar-refractivity contribution < 1.29 is 23.0 Å². The Bertz CT molecular complexity index is 825. The van der Waals surface area contributed by atoms with E-state index in [1.54, 1.807) is 18.2 Å². The van der Waals surface area contributed by atoms with Gasteiger partial charge in [0.2, 0.25) is 0 Å². The quantitative estimate of drug-likeness (QED) is 0.488. The molecule has 5 heteroatoms. The maximum Gasteiger partial charge on any atom is 0.416 e. The third kappa shape index (κ3) is 5.33. The fraction of sp³-hybridized carbons (Fsp3) is 0.500. The number of aliphatic hydroxyl groups excluding tert-OH is 1. The largest absolute Gasteiger partial charge is 0.489 e. The predicted molar refractivity (Wildman–Crippen MR) is 108 cm³/mol. The summed E-state index contributed by atoms with van der Waals surface area (Å²) in [7, 11) is 0. The van der Waals surface area contributed by atoms with E-state index in [0.29, 0.717) is 29.2 Å². The van der Waals surface area contributed by atoms with Gasteiger partial charge in [-0.2, -0.15) is 13.2 Å². The molecule has 1 unspecified atom stereocenters. The van der Waals surface area contributed by atoms with Gasteiger partial charge >= 0.3 is 6.18 Å². The lowest BCUT2D eigenvalue weighted by atomic mass is 9.87. The first kappa shape index (κ1) is 21.7. The fourth-order valence-electron chi connectivity index (χ4n) is 3.97. The minimum atomic E-state index is -4.38. The lowest BCUT2D eigenvalue weighted by Gasteiger charge is -2.21. The Balaban J connectivity index is 1.80. The third-order valence-corrected chi connectivity index (χ3v) is 5.70. The monoisotopic (exact) mass is 406 g/mol. The number of halogens is 3. The van der Waals surface area contributed by atoms with Gasteiger partial charge in [0, 0.05) is 0 Å². The van der Waals surface area contributed by atoms with Gasteiger partial charge in [-0.05, 0) is 78.0 Å². The summed E-state index contributed by atoms with van der Waals surface area (Å²) in [6, 6.07) is 10.1. The van der Waals surface area contributed by atoms with Crippen LogP contribution in [0.5, 0.6) is 5.75 Å². The molecule has 0 aliphatic heterocycles. The molecule has 2 nitrogen and oxygen atoms in total. The average Bonchev–Trinajstić information content (AvgIpc) is 3.55. The van der Waals surface area contributed by atoms with Crippen molar-refractivity contribution >= 4 is 0 Å². The van der Waals surface area contributed by atoms with Crippen LogP contribution in [0, 0.1) is 0 Å². The van der Waals surface area contributed by atoms with Crippen LogP contribution in [-0.4, -0.2) is 5.11 Å². The zero-order valence-electron chi connectivity index (χ0n) is 17.1. The Kier molecular flexibility index (Phi) is 6.89. The zero-order valence-corrected chi connectivity index (χ0v) is 17.1. The molecule has 0 aromatic heterocycles. The molecule has 0 heterocycles. The second kappa shape index (κ2) is 9.21. The van der Waals surface area contributed by atoms with Gasteiger partial charge in [-0.1, -0.05) is 38.5 Å². The lowest BCUT2D eigenvalue weighted by molar-refractivity contribution is -0.138. The van der Waals surface area contributed by atoms with E-state index in [1.807, 2.05) is 26.0 Å². The molecule has 29 heavy (non-hydrogen) atoms. The molecule has 2 aromatic rings. The van der Waals surface area contributed by atoms with Gasteiger partial charge in [-0.3, -0.25) is 0 Å². The molecule has 1 N–H and O–H groups in total. The number of aliphatic hydroxyl groups is 1. The summed E-state index contributed by atoms with van der Waals surface area (Å²) in [5, 5.41) is 9.48. The number of alkyl halides is 3. The van der Waals surface area contributed by atoms with Gasteiger partial charge in [0.1, 0.15) is 12.4 Å². The highest BCUT2D eigenvalue weighted by atomic mass is 19.4. The Morgan fingerprint density at radius 3 is 2.45 bits per heavy atom. The van der Waals surface area contributed by atoms with E-state index in [2.05, 4.69) is 0 Å². The van der Waals surface area contributed by atoms with E-state index in [9.17, 15) is 18.3 Å². The zero-order chi connectivity index (χ0) is 21.0. The van der Waals surface area contributed by atoms with E-state index in [4.69, 9.17) is 4.74 Å². The molecule has 3 rings (SSSR count). The maximum absolute atomic E-state index is 13.7. The van der Waals surface area contributed by atoms with E-state index in [1.165, 1.54) is 6.07 Å². The first-order chi connectivity index (χ1) is 13.9. The molecule has 1 saturated carbocycles. The second-order valence-electron chi connectivity index (χ2n) is 7.89. The van der Waals surface area contributed by atoms with Gasteiger partial charge in [0.05, 0.1) is 12.2 Å². The highest BCUT2D eigenvalue weighted by Crippen LogP contribution is 2.43. The molecule has 0 saturated heterocycles. The van der Waals surface area contributed by atoms with E-state index < -0.39 is 11.7 Å². The fourth-order valence-corrected chi connectivity index (χ4v) is 3.97. The first-order valence-corrected chi connectivity index (χ1v) is 10.4. The minimum Gasteiger partial charge on any atom is -0.489 e. The van der Waals surface area contributed by atoms with Crippen molar-refractivity contribution in [2.75, 3.05) is 0 Å². The third-order valence-electron chi connectivity index (χ3n) is 5.70. The number of ether oxygens (including phenoxy) is 1. The SMILES string of the molecule is CCCC(CC)c1ccc(COc2ccc(CO)c(C3CC3)c2)cc1C(F)(F)F. The molecule has 1 atom stereocenters. The Hall–Kier alpha value is -2.01.